The zero-order valence-electron chi connectivity index (χ0n) is 8.29. The second-order valence-corrected chi connectivity index (χ2v) is 3.25. The number of hydrogen-bond donors (Lipinski definition) is 1. The van der Waals surface area contributed by atoms with Gasteiger partial charge in [0.15, 0.2) is 5.82 Å². The maximum atomic E-state index is 11.8. The minimum absolute atomic E-state index is 0.131. The number of nitrogens with two attached hydrogens (primary N) is 1. The molecule has 0 aliphatic carbocycles. The quantitative estimate of drug-likeness (QED) is 0.723. The standard InChI is InChI=1S/C9H11N5O/c1-6-7(4-10)9(15)14(13-6)8-2-3-11-5-12-8/h2-3,5,7H,4,10H2,1H3. The lowest BCUT2D eigenvalue weighted by atomic mass is 10.1. The lowest BCUT2D eigenvalue weighted by Crippen LogP contribution is -2.32. The van der Waals surface area contributed by atoms with Crippen LogP contribution < -0.4 is 10.7 Å². The molecule has 0 spiro atoms. The molecule has 1 aromatic rings. The molecule has 1 atom stereocenters. The summed E-state index contributed by atoms with van der Waals surface area (Å²) in [5.74, 6) is 0.0268. The van der Waals surface area contributed by atoms with Crippen molar-refractivity contribution in [1.29, 1.82) is 0 Å². The number of rotatable bonds is 2. The van der Waals surface area contributed by atoms with Gasteiger partial charge in [-0.1, -0.05) is 0 Å². The highest BCUT2D eigenvalue weighted by Crippen LogP contribution is 2.20. The molecule has 78 valence electrons. The molecule has 6 heteroatoms. The van der Waals surface area contributed by atoms with Gasteiger partial charge in [0.2, 0.25) is 0 Å². The van der Waals surface area contributed by atoms with Gasteiger partial charge in [-0.05, 0) is 6.92 Å². The number of hydrogen-bond acceptors (Lipinski definition) is 5. The monoisotopic (exact) mass is 205 g/mol. The molecule has 0 bridgehead atoms. The van der Waals surface area contributed by atoms with E-state index in [1.54, 1.807) is 19.2 Å². The molecule has 0 saturated carbocycles. The van der Waals surface area contributed by atoms with Crippen LogP contribution >= 0.6 is 0 Å². The molecule has 2 N–H and O–H groups in total. The van der Waals surface area contributed by atoms with Crippen LogP contribution in [0.4, 0.5) is 5.82 Å². The van der Waals surface area contributed by atoms with Gasteiger partial charge in [-0.15, -0.1) is 0 Å². The van der Waals surface area contributed by atoms with E-state index in [9.17, 15) is 4.79 Å². The Kier molecular flexibility index (Phi) is 2.42. The summed E-state index contributed by atoms with van der Waals surface area (Å²) < 4.78 is 0. The van der Waals surface area contributed by atoms with Gasteiger partial charge in [0.25, 0.3) is 5.91 Å². The smallest absolute Gasteiger partial charge is 0.258 e. The molecule has 0 aromatic carbocycles. The Balaban J connectivity index is 2.31. The van der Waals surface area contributed by atoms with Crippen LogP contribution in [0.5, 0.6) is 0 Å². The van der Waals surface area contributed by atoms with E-state index in [-0.39, 0.29) is 18.4 Å². The van der Waals surface area contributed by atoms with Gasteiger partial charge in [-0.25, -0.2) is 9.97 Å². The number of amides is 1. The van der Waals surface area contributed by atoms with Crippen LogP contribution in [-0.2, 0) is 4.79 Å². The molecule has 2 heterocycles. The Morgan fingerprint density at radius 3 is 2.93 bits per heavy atom. The van der Waals surface area contributed by atoms with E-state index < -0.39 is 0 Å². The number of nitrogens with zero attached hydrogens (tertiary/aromatic N) is 4. The second-order valence-electron chi connectivity index (χ2n) is 3.25. The third-order valence-electron chi connectivity index (χ3n) is 2.29. The fraction of sp³-hybridized carbons (Fsp3) is 0.333. The van der Waals surface area contributed by atoms with Gasteiger partial charge < -0.3 is 5.73 Å². The fourth-order valence-electron chi connectivity index (χ4n) is 1.45. The summed E-state index contributed by atoms with van der Waals surface area (Å²) in [6.07, 6.45) is 2.94. The van der Waals surface area contributed by atoms with Gasteiger partial charge in [-0.2, -0.15) is 10.1 Å². The Labute approximate surface area is 86.8 Å². The number of anilines is 1. The van der Waals surface area contributed by atoms with Crippen molar-refractivity contribution < 1.29 is 4.79 Å². The van der Waals surface area contributed by atoms with Crippen LogP contribution in [0.3, 0.4) is 0 Å². The number of hydrazone groups is 1. The maximum absolute atomic E-state index is 11.8. The molecule has 1 aliphatic heterocycles. The third kappa shape index (κ3) is 1.59. The van der Waals surface area contributed by atoms with Crippen LogP contribution in [0, 0.1) is 5.92 Å². The topological polar surface area (TPSA) is 84.5 Å². The van der Waals surface area contributed by atoms with E-state index in [4.69, 9.17) is 5.73 Å². The first-order valence-electron chi connectivity index (χ1n) is 4.59. The number of carbonyl (C=O) groups excluding carboxylic acids is 1. The number of carbonyl (C=O) groups is 1. The Morgan fingerprint density at radius 1 is 1.60 bits per heavy atom. The summed E-state index contributed by atoms with van der Waals surface area (Å²) in [5.41, 5.74) is 6.22. The van der Waals surface area contributed by atoms with Crippen LogP contribution in [0.25, 0.3) is 0 Å². The van der Waals surface area contributed by atoms with Crippen LogP contribution in [-0.4, -0.2) is 28.1 Å². The van der Waals surface area contributed by atoms with Crippen molar-refractivity contribution in [3.63, 3.8) is 0 Å². The number of aromatic nitrogens is 2. The zero-order valence-corrected chi connectivity index (χ0v) is 8.29. The average molecular weight is 205 g/mol. The first-order valence-corrected chi connectivity index (χ1v) is 4.59. The Morgan fingerprint density at radius 2 is 2.40 bits per heavy atom. The normalized spacial score (nSPS) is 20.7. The largest absolute Gasteiger partial charge is 0.329 e. The van der Waals surface area contributed by atoms with E-state index in [1.807, 2.05) is 0 Å². The van der Waals surface area contributed by atoms with Crippen molar-refractivity contribution in [3.8, 4) is 0 Å². The highest BCUT2D eigenvalue weighted by Gasteiger charge is 2.33. The van der Waals surface area contributed by atoms with Crippen molar-refractivity contribution in [2.75, 3.05) is 11.6 Å². The van der Waals surface area contributed by atoms with E-state index in [2.05, 4.69) is 15.1 Å². The molecule has 0 saturated heterocycles. The molecular weight excluding hydrogens is 194 g/mol. The SMILES string of the molecule is CC1=NN(c2ccncn2)C(=O)C1CN. The van der Waals surface area contributed by atoms with Gasteiger partial charge in [0.1, 0.15) is 6.33 Å². The van der Waals surface area contributed by atoms with Crippen molar-refractivity contribution >= 4 is 17.4 Å². The van der Waals surface area contributed by atoms with Crippen LogP contribution in [0.2, 0.25) is 0 Å². The van der Waals surface area contributed by atoms with E-state index >= 15 is 0 Å². The predicted octanol–water partition coefficient (Wildman–Crippen LogP) is -0.226. The van der Waals surface area contributed by atoms with Gasteiger partial charge >= 0.3 is 0 Å². The summed E-state index contributed by atoms with van der Waals surface area (Å²) in [5, 5.41) is 5.39. The first kappa shape index (κ1) is 9.72. The highest BCUT2D eigenvalue weighted by molar-refractivity contribution is 6.14. The third-order valence-corrected chi connectivity index (χ3v) is 2.29. The molecule has 0 radical (unpaired) electrons. The molecular formula is C9H11N5O. The molecule has 6 nitrogen and oxygen atoms in total. The highest BCUT2D eigenvalue weighted by atomic mass is 16.2. The minimum atomic E-state index is -0.319. The maximum Gasteiger partial charge on any atom is 0.258 e. The van der Waals surface area contributed by atoms with E-state index in [1.165, 1.54) is 11.3 Å². The van der Waals surface area contributed by atoms with E-state index in [0.717, 1.165) is 5.71 Å². The lowest BCUT2D eigenvalue weighted by Gasteiger charge is -2.11. The van der Waals surface area contributed by atoms with Gasteiger partial charge in [0, 0.05) is 24.5 Å². The van der Waals surface area contributed by atoms with E-state index in [0.29, 0.717) is 5.82 Å². The predicted molar refractivity (Wildman–Crippen MR) is 55.2 cm³/mol. The summed E-state index contributed by atoms with van der Waals surface area (Å²) in [6.45, 7) is 2.06. The molecule has 1 amide bonds. The Hall–Kier alpha value is -1.82. The van der Waals surface area contributed by atoms with Crippen molar-refractivity contribution in [2.24, 2.45) is 16.8 Å². The molecule has 1 unspecified atom stereocenters. The van der Waals surface area contributed by atoms with Crippen molar-refractivity contribution in [3.05, 3.63) is 18.6 Å². The lowest BCUT2D eigenvalue weighted by molar-refractivity contribution is -0.119. The molecule has 2 rings (SSSR count). The zero-order chi connectivity index (χ0) is 10.8. The molecule has 1 aliphatic rings. The van der Waals surface area contributed by atoms with Crippen LogP contribution in [0.1, 0.15) is 6.92 Å². The summed E-state index contributed by atoms with van der Waals surface area (Å²) in [7, 11) is 0. The molecule has 1 aromatic heterocycles. The minimum Gasteiger partial charge on any atom is -0.329 e. The molecule has 15 heavy (non-hydrogen) atoms. The summed E-state index contributed by atoms with van der Waals surface area (Å²) in [4.78, 5) is 19.6. The average Bonchev–Trinajstić information content (AvgIpc) is 2.55. The fourth-order valence-corrected chi connectivity index (χ4v) is 1.45. The van der Waals surface area contributed by atoms with Crippen LogP contribution in [0.15, 0.2) is 23.7 Å². The van der Waals surface area contributed by atoms with Gasteiger partial charge in [-0.3, -0.25) is 4.79 Å². The molecule has 0 fully saturated rings. The first-order chi connectivity index (χ1) is 7.24. The van der Waals surface area contributed by atoms with Crippen molar-refractivity contribution in [2.45, 2.75) is 6.92 Å². The summed E-state index contributed by atoms with van der Waals surface area (Å²) >= 11 is 0. The second kappa shape index (κ2) is 3.74. The van der Waals surface area contributed by atoms with Gasteiger partial charge in [0.05, 0.1) is 5.92 Å². The Bertz CT molecular complexity index is 402. The van der Waals surface area contributed by atoms with Crippen molar-refractivity contribution in [1.82, 2.24) is 9.97 Å². The summed E-state index contributed by atoms with van der Waals surface area (Å²) in [6, 6.07) is 1.63.